The van der Waals surface area contributed by atoms with Gasteiger partial charge in [0.2, 0.25) is 0 Å². The van der Waals surface area contributed by atoms with Crippen molar-refractivity contribution in [2.75, 3.05) is 0 Å². The first-order valence-electron chi connectivity index (χ1n) is 4.86. The summed E-state index contributed by atoms with van der Waals surface area (Å²) in [5.41, 5.74) is 0. The third-order valence-electron chi connectivity index (χ3n) is 1.35. The molecular formula is C11H24Mg. The molecule has 0 radical (unpaired) electrons. The van der Waals surface area contributed by atoms with Crippen LogP contribution in [0.25, 0.3) is 0 Å². The number of unbranched alkanes of at least 4 members (excludes halogenated alkanes) is 5. The van der Waals surface area contributed by atoms with Gasteiger partial charge >= 0.3 is 23.1 Å². The molecule has 0 bridgehead atoms. The maximum Gasteiger partial charge on any atom is 2.00 e. The Kier molecular flexibility index (Phi) is 34.9. The Morgan fingerprint density at radius 2 is 1.42 bits per heavy atom. The van der Waals surface area contributed by atoms with E-state index in [9.17, 15) is 0 Å². The topological polar surface area (TPSA) is 0 Å². The van der Waals surface area contributed by atoms with Crippen molar-refractivity contribution in [1.82, 2.24) is 0 Å². The number of hydrogen-bond donors (Lipinski definition) is 0. The van der Waals surface area contributed by atoms with E-state index in [2.05, 4.69) is 13.8 Å². The Balaban J connectivity index is -0.000000177. The van der Waals surface area contributed by atoms with Crippen LogP contribution in [-0.2, 0) is 0 Å². The standard InChI is InChI=1S/C8H17.C3H7.Mg/c1-3-5-7-8-6-4-2;1-3-2;/h1,3-8H2,2H3;3H,1-2H3;/q2*-1;+2. The third kappa shape index (κ3) is 30.9. The average Bonchev–Trinajstić information content (AvgIpc) is 2.00. The smallest absolute Gasteiger partial charge is 0.343 e. The zero-order valence-corrected chi connectivity index (χ0v) is 10.6. The van der Waals surface area contributed by atoms with E-state index in [1.807, 2.05) is 20.3 Å². The van der Waals surface area contributed by atoms with Crippen molar-refractivity contribution < 1.29 is 0 Å². The van der Waals surface area contributed by atoms with Gasteiger partial charge in [0.25, 0.3) is 0 Å². The minimum Gasteiger partial charge on any atom is -0.343 e. The third-order valence-corrected chi connectivity index (χ3v) is 1.35. The van der Waals surface area contributed by atoms with Crippen LogP contribution in [0.5, 0.6) is 0 Å². The van der Waals surface area contributed by atoms with Gasteiger partial charge in [0, 0.05) is 0 Å². The van der Waals surface area contributed by atoms with Crippen molar-refractivity contribution >= 4 is 23.1 Å². The molecule has 0 heterocycles. The molecule has 0 saturated heterocycles. The summed E-state index contributed by atoms with van der Waals surface area (Å²) in [5.74, 6) is 0. The Morgan fingerprint density at radius 3 is 1.75 bits per heavy atom. The molecule has 0 nitrogen and oxygen atoms in total. The molecule has 0 atom stereocenters. The minimum atomic E-state index is 0. The summed E-state index contributed by atoms with van der Waals surface area (Å²) < 4.78 is 0. The van der Waals surface area contributed by atoms with Gasteiger partial charge in [-0.25, -0.2) is 0 Å². The maximum atomic E-state index is 3.78. The first-order valence-corrected chi connectivity index (χ1v) is 4.86. The van der Waals surface area contributed by atoms with Crippen LogP contribution in [0.3, 0.4) is 0 Å². The van der Waals surface area contributed by atoms with E-state index in [4.69, 9.17) is 0 Å². The van der Waals surface area contributed by atoms with Crippen LogP contribution in [0, 0.1) is 13.3 Å². The van der Waals surface area contributed by atoms with Gasteiger partial charge in [0.15, 0.2) is 0 Å². The van der Waals surface area contributed by atoms with Crippen LogP contribution in [0.15, 0.2) is 0 Å². The van der Waals surface area contributed by atoms with Crippen LogP contribution >= 0.6 is 0 Å². The van der Waals surface area contributed by atoms with Gasteiger partial charge in [-0.3, -0.25) is 0 Å². The van der Waals surface area contributed by atoms with Gasteiger partial charge in [-0.15, -0.1) is 0 Å². The van der Waals surface area contributed by atoms with E-state index in [-0.39, 0.29) is 23.1 Å². The molecule has 0 rings (SSSR count). The van der Waals surface area contributed by atoms with Gasteiger partial charge in [-0.2, -0.15) is 20.3 Å². The van der Waals surface area contributed by atoms with Crippen molar-refractivity contribution in [3.63, 3.8) is 0 Å². The van der Waals surface area contributed by atoms with E-state index >= 15 is 0 Å². The Hall–Kier alpha value is 0.766. The molecule has 0 amide bonds. The first-order chi connectivity index (χ1) is 5.33. The molecule has 0 aromatic carbocycles. The molecule has 70 valence electrons. The summed E-state index contributed by atoms with van der Waals surface area (Å²) in [6.07, 6.45) is 9.98. The van der Waals surface area contributed by atoms with Crippen molar-refractivity contribution in [2.45, 2.75) is 59.3 Å². The fourth-order valence-electron chi connectivity index (χ4n) is 0.780. The number of hydrogen-bond acceptors (Lipinski definition) is 0. The Morgan fingerprint density at radius 1 is 1.00 bits per heavy atom. The van der Waals surface area contributed by atoms with Crippen molar-refractivity contribution in [3.8, 4) is 0 Å². The van der Waals surface area contributed by atoms with E-state index in [1.54, 1.807) is 0 Å². The molecule has 0 fully saturated rings. The zero-order valence-electron chi connectivity index (χ0n) is 9.23. The average molecular weight is 181 g/mol. The second-order valence-corrected chi connectivity index (χ2v) is 2.85. The summed E-state index contributed by atoms with van der Waals surface area (Å²) >= 11 is 0. The van der Waals surface area contributed by atoms with Crippen LogP contribution in [0.2, 0.25) is 0 Å². The summed E-state index contributed by atoms with van der Waals surface area (Å²) in [4.78, 5) is 0. The maximum absolute atomic E-state index is 3.78. The molecule has 0 saturated carbocycles. The summed E-state index contributed by atoms with van der Waals surface area (Å²) in [6.45, 7) is 10.0. The normalized spacial score (nSPS) is 8.00. The summed E-state index contributed by atoms with van der Waals surface area (Å²) in [7, 11) is 0. The first kappa shape index (κ1) is 18.5. The van der Waals surface area contributed by atoms with Gasteiger partial charge < -0.3 is 13.3 Å². The quantitative estimate of drug-likeness (QED) is 0.340. The van der Waals surface area contributed by atoms with E-state index in [0.29, 0.717) is 0 Å². The Labute approximate surface area is 95.7 Å². The largest absolute Gasteiger partial charge is 2.00 e. The molecule has 0 aliphatic heterocycles. The molecule has 0 unspecified atom stereocenters. The van der Waals surface area contributed by atoms with Crippen LogP contribution in [0.4, 0.5) is 0 Å². The van der Waals surface area contributed by atoms with Gasteiger partial charge in [-0.05, 0) is 0 Å². The zero-order chi connectivity index (χ0) is 8.95. The van der Waals surface area contributed by atoms with Crippen molar-refractivity contribution in [3.05, 3.63) is 13.3 Å². The van der Waals surface area contributed by atoms with Gasteiger partial charge in [0.05, 0.1) is 0 Å². The van der Waals surface area contributed by atoms with Gasteiger partial charge in [-0.1, -0.05) is 39.0 Å². The van der Waals surface area contributed by atoms with Gasteiger partial charge in [0.1, 0.15) is 0 Å². The van der Waals surface area contributed by atoms with Crippen LogP contribution in [-0.4, -0.2) is 23.1 Å². The SMILES string of the molecule is C[CH-]C.[CH2-]CCCCCCC.[Mg+2]. The number of rotatable bonds is 5. The molecule has 0 spiro atoms. The molecule has 12 heavy (non-hydrogen) atoms. The molecule has 0 aromatic rings. The molecule has 0 aliphatic carbocycles. The van der Waals surface area contributed by atoms with Crippen LogP contribution < -0.4 is 0 Å². The fraction of sp³-hybridized carbons (Fsp3) is 0.818. The minimum absolute atomic E-state index is 0. The van der Waals surface area contributed by atoms with Crippen LogP contribution in [0.1, 0.15) is 59.3 Å². The summed E-state index contributed by atoms with van der Waals surface area (Å²) in [6, 6.07) is 0. The molecule has 1 heteroatoms. The van der Waals surface area contributed by atoms with Crippen molar-refractivity contribution in [2.24, 2.45) is 0 Å². The monoisotopic (exact) mass is 180 g/mol. The van der Waals surface area contributed by atoms with E-state index in [0.717, 1.165) is 6.42 Å². The van der Waals surface area contributed by atoms with E-state index in [1.165, 1.54) is 32.1 Å². The Bertz CT molecular complexity index is 38.3. The second kappa shape index (κ2) is 22.6. The molecular weight excluding hydrogens is 156 g/mol. The molecule has 0 aliphatic rings. The predicted molar refractivity (Wildman–Crippen MR) is 60.1 cm³/mol. The van der Waals surface area contributed by atoms with E-state index < -0.39 is 0 Å². The second-order valence-electron chi connectivity index (χ2n) is 2.85. The molecule has 0 N–H and O–H groups in total. The van der Waals surface area contributed by atoms with Crippen molar-refractivity contribution in [1.29, 1.82) is 0 Å². The fourth-order valence-corrected chi connectivity index (χ4v) is 0.780. The predicted octanol–water partition coefficient (Wildman–Crippen LogP) is 4.03. The molecule has 0 aromatic heterocycles. The summed E-state index contributed by atoms with van der Waals surface area (Å²) in [5, 5.41) is 0.